The molecule has 1 aromatic heterocycles. The van der Waals surface area contributed by atoms with Crippen molar-refractivity contribution in [3.05, 3.63) is 29.6 Å². The quantitative estimate of drug-likeness (QED) is 0.829. The molecule has 4 nitrogen and oxygen atoms in total. The zero-order chi connectivity index (χ0) is 11.8. The first-order valence-corrected chi connectivity index (χ1v) is 6.09. The number of imidazole rings is 1. The van der Waals surface area contributed by atoms with E-state index < -0.39 is 0 Å². The molecule has 3 rings (SSSR count). The molecular weight excluding hydrogens is 214 g/mol. The van der Waals surface area contributed by atoms with Crippen molar-refractivity contribution in [3.8, 4) is 0 Å². The molecule has 1 fully saturated rings. The van der Waals surface area contributed by atoms with Gasteiger partial charge in [-0.3, -0.25) is 0 Å². The molecule has 1 aliphatic rings. The molecule has 0 bridgehead atoms. The van der Waals surface area contributed by atoms with E-state index in [0.29, 0.717) is 12.5 Å². The van der Waals surface area contributed by atoms with Gasteiger partial charge in [0.05, 0.1) is 17.1 Å². The summed E-state index contributed by atoms with van der Waals surface area (Å²) in [5.41, 5.74) is 8.90. The summed E-state index contributed by atoms with van der Waals surface area (Å²) in [5.74, 6) is 1.42. The Kier molecular flexibility index (Phi) is 2.61. The Morgan fingerprint density at radius 1 is 1.53 bits per heavy atom. The molecule has 0 spiro atoms. The number of benzene rings is 1. The van der Waals surface area contributed by atoms with E-state index in [4.69, 9.17) is 15.5 Å². The predicted molar refractivity (Wildman–Crippen MR) is 66.8 cm³/mol. The number of nitrogens with zero attached hydrogens (tertiary/aromatic N) is 1. The maximum absolute atomic E-state index is 5.73. The maximum atomic E-state index is 5.73. The van der Waals surface area contributed by atoms with Crippen LogP contribution in [0, 0.1) is 0 Å². The smallest absolute Gasteiger partial charge is 0.113 e. The Bertz CT molecular complexity index is 534. The van der Waals surface area contributed by atoms with E-state index in [2.05, 4.69) is 11.9 Å². The molecule has 1 saturated heterocycles. The molecule has 2 atom stereocenters. The number of fused-ring (bicyclic) bond motifs is 1. The second-order valence-electron chi connectivity index (χ2n) is 4.61. The van der Waals surface area contributed by atoms with Gasteiger partial charge in [-0.2, -0.15) is 0 Å². The van der Waals surface area contributed by atoms with E-state index in [-0.39, 0.29) is 6.10 Å². The molecule has 0 amide bonds. The van der Waals surface area contributed by atoms with Gasteiger partial charge in [0.1, 0.15) is 5.82 Å². The first-order chi connectivity index (χ1) is 8.29. The fraction of sp³-hybridized carbons (Fsp3) is 0.462. The standard InChI is InChI=1S/C13H17N3O/c1-8-10(5-6-17-8)13-15-11-4-2-3-9(7-14)12(11)16-13/h2-4,8,10H,5-7,14H2,1H3,(H,15,16). The molecule has 17 heavy (non-hydrogen) atoms. The first-order valence-electron chi connectivity index (χ1n) is 6.09. The van der Waals surface area contributed by atoms with Gasteiger partial charge in [-0.05, 0) is 25.0 Å². The molecule has 2 aromatic rings. The van der Waals surface area contributed by atoms with Crippen molar-refractivity contribution in [1.82, 2.24) is 9.97 Å². The Morgan fingerprint density at radius 2 is 2.41 bits per heavy atom. The van der Waals surface area contributed by atoms with Crippen LogP contribution in [0.25, 0.3) is 11.0 Å². The third-order valence-electron chi connectivity index (χ3n) is 3.56. The lowest BCUT2D eigenvalue weighted by Crippen LogP contribution is -2.10. The highest BCUT2D eigenvalue weighted by Gasteiger charge is 2.28. The van der Waals surface area contributed by atoms with E-state index in [1.165, 1.54) is 0 Å². The molecule has 1 aliphatic heterocycles. The molecule has 0 saturated carbocycles. The van der Waals surface area contributed by atoms with Crippen molar-refractivity contribution in [2.45, 2.75) is 31.9 Å². The van der Waals surface area contributed by atoms with Crippen LogP contribution in [0.5, 0.6) is 0 Å². The van der Waals surface area contributed by atoms with Crippen LogP contribution in [0.1, 0.15) is 30.7 Å². The van der Waals surface area contributed by atoms with Gasteiger partial charge < -0.3 is 15.5 Å². The summed E-state index contributed by atoms with van der Waals surface area (Å²) in [4.78, 5) is 8.10. The van der Waals surface area contributed by atoms with Crippen LogP contribution in [-0.2, 0) is 11.3 Å². The number of ether oxygens (including phenoxy) is 1. The minimum absolute atomic E-state index is 0.247. The highest BCUT2D eigenvalue weighted by atomic mass is 16.5. The first kappa shape index (κ1) is 10.7. The normalized spacial score (nSPS) is 24.6. The third-order valence-corrected chi connectivity index (χ3v) is 3.56. The van der Waals surface area contributed by atoms with E-state index >= 15 is 0 Å². The van der Waals surface area contributed by atoms with E-state index in [0.717, 1.165) is 35.4 Å². The van der Waals surface area contributed by atoms with Crippen LogP contribution in [0.2, 0.25) is 0 Å². The predicted octanol–water partition coefficient (Wildman–Crippen LogP) is 1.91. The largest absolute Gasteiger partial charge is 0.378 e. The number of rotatable bonds is 2. The Labute approximate surface area is 100 Å². The zero-order valence-electron chi connectivity index (χ0n) is 9.94. The van der Waals surface area contributed by atoms with Crippen LogP contribution in [0.4, 0.5) is 0 Å². The Morgan fingerprint density at radius 3 is 3.12 bits per heavy atom. The maximum Gasteiger partial charge on any atom is 0.113 e. The number of para-hydroxylation sites is 1. The fourth-order valence-corrected chi connectivity index (χ4v) is 2.54. The number of aromatic nitrogens is 2. The molecule has 1 aromatic carbocycles. The lowest BCUT2D eigenvalue weighted by Gasteiger charge is -2.10. The van der Waals surface area contributed by atoms with Gasteiger partial charge in [-0.15, -0.1) is 0 Å². The molecule has 2 heterocycles. The van der Waals surface area contributed by atoms with Gasteiger partial charge in [-0.25, -0.2) is 4.98 Å². The number of hydrogen-bond donors (Lipinski definition) is 2. The van der Waals surface area contributed by atoms with Gasteiger partial charge in [-0.1, -0.05) is 12.1 Å². The topological polar surface area (TPSA) is 63.9 Å². The van der Waals surface area contributed by atoms with E-state index in [9.17, 15) is 0 Å². The van der Waals surface area contributed by atoms with Crippen molar-refractivity contribution in [1.29, 1.82) is 0 Å². The van der Waals surface area contributed by atoms with Crippen LogP contribution >= 0.6 is 0 Å². The van der Waals surface area contributed by atoms with Gasteiger partial charge in [0.25, 0.3) is 0 Å². The van der Waals surface area contributed by atoms with Crippen LogP contribution in [0.3, 0.4) is 0 Å². The van der Waals surface area contributed by atoms with Crippen molar-refractivity contribution < 1.29 is 4.74 Å². The zero-order valence-corrected chi connectivity index (χ0v) is 9.94. The summed E-state index contributed by atoms with van der Waals surface area (Å²) in [7, 11) is 0. The number of nitrogens with one attached hydrogen (secondary N) is 1. The minimum atomic E-state index is 0.247. The SMILES string of the molecule is CC1OCCC1c1nc2c(CN)cccc2[nH]1. The summed E-state index contributed by atoms with van der Waals surface area (Å²) in [6.07, 6.45) is 1.29. The highest BCUT2D eigenvalue weighted by molar-refractivity contribution is 5.78. The Balaban J connectivity index is 2.07. The van der Waals surface area contributed by atoms with Crippen LogP contribution in [0.15, 0.2) is 18.2 Å². The lowest BCUT2D eigenvalue weighted by molar-refractivity contribution is 0.117. The van der Waals surface area contributed by atoms with Gasteiger partial charge in [0.2, 0.25) is 0 Å². The van der Waals surface area contributed by atoms with Crippen molar-refractivity contribution in [3.63, 3.8) is 0 Å². The van der Waals surface area contributed by atoms with Gasteiger partial charge >= 0.3 is 0 Å². The Hall–Kier alpha value is -1.39. The van der Waals surface area contributed by atoms with E-state index in [1.54, 1.807) is 0 Å². The lowest BCUT2D eigenvalue weighted by atomic mass is 10.0. The van der Waals surface area contributed by atoms with Gasteiger partial charge in [0.15, 0.2) is 0 Å². The minimum Gasteiger partial charge on any atom is -0.378 e. The van der Waals surface area contributed by atoms with Crippen molar-refractivity contribution in [2.24, 2.45) is 5.73 Å². The molecule has 0 aliphatic carbocycles. The number of nitrogens with two attached hydrogens (primary N) is 1. The molecular formula is C13H17N3O. The fourth-order valence-electron chi connectivity index (χ4n) is 2.54. The molecule has 2 unspecified atom stereocenters. The molecule has 3 N–H and O–H groups in total. The summed E-state index contributed by atoms with van der Waals surface area (Å²) in [6.45, 7) is 3.46. The second kappa shape index (κ2) is 4.13. The van der Waals surface area contributed by atoms with Crippen LogP contribution < -0.4 is 5.73 Å². The molecule has 0 radical (unpaired) electrons. The third kappa shape index (κ3) is 1.73. The second-order valence-corrected chi connectivity index (χ2v) is 4.61. The summed E-state index contributed by atoms with van der Waals surface area (Å²) >= 11 is 0. The highest BCUT2D eigenvalue weighted by Crippen LogP contribution is 2.30. The van der Waals surface area contributed by atoms with Crippen molar-refractivity contribution in [2.75, 3.05) is 6.61 Å². The average molecular weight is 231 g/mol. The average Bonchev–Trinajstić information content (AvgIpc) is 2.93. The van der Waals surface area contributed by atoms with Gasteiger partial charge in [0, 0.05) is 19.1 Å². The summed E-state index contributed by atoms with van der Waals surface area (Å²) in [5, 5.41) is 0. The summed E-state index contributed by atoms with van der Waals surface area (Å²) < 4.78 is 5.59. The molecule has 90 valence electrons. The number of hydrogen-bond acceptors (Lipinski definition) is 3. The van der Waals surface area contributed by atoms with Crippen LogP contribution in [-0.4, -0.2) is 22.7 Å². The molecule has 4 heteroatoms. The number of aromatic amines is 1. The monoisotopic (exact) mass is 231 g/mol. The number of H-pyrrole nitrogens is 1. The van der Waals surface area contributed by atoms with E-state index in [1.807, 2.05) is 18.2 Å². The summed E-state index contributed by atoms with van der Waals surface area (Å²) in [6, 6.07) is 6.09. The van der Waals surface area contributed by atoms with Crippen molar-refractivity contribution >= 4 is 11.0 Å².